The molecule has 0 radical (unpaired) electrons. The van der Waals surface area contributed by atoms with Crippen molar-refractivity contribution in [2.75, 3.05) is 0 Å². The molecule has 2 heterocycles. The molecule has 2 N–H and O–H groups in total. The fourth-order valence-electron chi connectivity index (χ4n) is 2.31. The highest BCUT2D eigenvalue weighted by atomic mass is 32.1. The molecule has 19 heavy (non-hydrogen) atoms. The molecule has 5 nitrogen and oxygen atoms in total. The van der Waals surface area contributed by atoms with Crippen molar-refractivity contribution in [3.63, 3.8) is 0 Å². The zero-order chi connectivity index (χ0) is 12.9. The summed E-state index contributed by atoms with van der Waals surface area (Å²) in [6.45, 7) is 0. The second kappa shape index (κ2) is 3.85. The maximum Gasteiger partial charge on any atom is 0.258 e. The van der Waals surface area contributed by atoms with Gasteiger partial charge in [-0.25, -0.2) is 4.98 Å². The van der Waals surface area contributed by atoms with Gasteiger partial charge in [-0.1, -0.05) is 5.16 Å². The number of hydrogen-bond acceptors (Lipinski definition) is 6. The minimum atomic E-state index is -0.379. The number of fused-ring (bicyclic) bond motifs is 1. The molecule has 1 aromatic carbocycles. The van der Waals surface area contributed by atoms with Gasteiger partial charge >= 0.3 is 0 Å². The van der Waals surface area contributed by atoms with Crippen LogP contribution in [0.4, 0.5) is 0 Å². The average molecular weight is 272 g/mol. The average Bonchev–Trinajstić information content (AvgIpc) is 3.03. The Balaban J connectivity index is 1.75. The predicted molar refractivity (Wildman–Crippen MR) is 72.6 cm³/mol. The van der Waals surface area contributed by atoms with Gasteiger partial charge in [0.15, 0.2) is 5.82 Å². The molecule has 0 unspecified atom stereocenters. The lowest BCUT2D eigenvalue weighted by molar-refractivity contribution is 0.229. The summed E-state index contributed by atoms with van der Waals surface area (Å²) >= 11 is 1.60. The summed E-state index contributed by atoms with van der Waals surface area (Å²) in [7, 11) is 0. The zero-order valence-corrected chi connectivity index (χ0v) is 11.0. The highest BCUT2D eigenvalue weighted by Crippen LogP contribution is 2.37. The van der Waals surface area contributed by atoms with Crippen molar-refractivity contribution < 1.29 is 4.52 Å². The first-order chi connectivity index (χ1) is 9.24. The lowest BCUT2D eigenvalue weighted by Crippen LogP contribution is -2.44. The standard InChI is InChI=1S/C13H12N4OS/c14-13(4-1-5-13)12-16-11(18-17-12)8-2-3-9-10(6-8)19-7-15-9/h2-3,6-7H,1,4-5,14H2. The summed E-state index contributed by atoms with van der Waals surface area (Å²) in [4.78, 5) is 8.70. The quantitative estimate of drug-likeness (QED) is 0.776. The van der Waals surface area contributed by atoms with Gasteiger partial charge in [-0.3, -0.25) is 0 Å². The van der Waals surface area contributed by atoms with E-state index in [1.165, 1.54) is 0 Å². The van der Waals surface area contributed by atoms with Crippen LogP contribution in [-0.2, 0) is 5.54 Å². The first-order valence-electron chi connectivity index (χ1n) is 6.21. The van der Waals surface area contributed by atoms with Gasteiger partial charge in [0.1, 0.15) is 0 Å². The Morgan fingerprint density at radius 3 is 3.00 bits per heavy atom. The minimum absolute atomic E-state index is 0.379. The van der Waals surface area contributed by atoms with Crippen LogP contribution in [0.15, 0.2) is 28.2 Å². The minimum Gasteiger partial charge on any atom is -0.334 e. The lowest BCUT2D eigenvalue weighted by atomic mass is 9.77. The van der Waals surface area contributed by atoms with E-state index in [0.717, 1.165) is 35.0 Å². The number of benzene rings is 1. The number of rotatable bonds is 2. The van der Waals surface area contributed by atoms with E-state index in [2.05, 4.69) is 15.1 Å². The molecule has 0 saturated heterocycles. The fraction of sp³-hybridized carbons (Fsp3) is 0.308. The summed E-state index contributed by atoms with van der Waals surface area (Å²) in [5.41, 5.74) is 9.55. The molecular weight excluding hydrogens is 260 g/mol. The van der Waals surface area contributed by atoms with E-state index in [9.17, 15) is 0 Å². The monoisotopic (exact) mass is 272 g/mol. The summed E-state index contributed by atoms with van der Waals surface area (Å²) in [6, 6.07) is 5.93. The fourth-order valence-corrected chi connectivity index (χ4v) is 3.03. The van der Waals surface area contributed by atoms with Crippen LogP contribution < -0.4 is 5.73 Å². The van der Waals surface area contributed by atoms with Gasteiger partial charge in [-0.05, 0) is 37.5 Å². The van der Waals surface area contributed by atoms with Gasteiger partial charge in [-0.2, -0.15) is 4.98 Å². The van der Waals surface area contributed by atoms with E-state index in [1.54, 1.807) is 11.3 Å². The Hall–Kier alpha value is -1.79. The third-order valence-corrected chi connectivity index (χ3v) is 4.49. The molecule has 0 aliphatic heterocycles. The molecule has 4 rings (SSSR count). The van der Waals surface area contributed by atoms with E-state index in [-0.39, 0.29) is 5.54 Å². The molecule has 3 aromatic rings. The Morgan fingerprint density at radius 1 is 1.32 bits per heavy atom. The predicted octanol–water partition coefficient (Wildman–Crippen LogP) is 2.68. The molecule has 1 saturated carbocycles. The first kappa shape index (κ1) is 11.1. The van der Waals surface area contributed by atoms with Crippen LogP contribution >= 0.6 is 11.3 Å². The first-order valence-corrected chi connectivity index (χ1v) is 7.09. The Bertz CT molecular complexity index is 744. The highest BCUT2D eigenvalue weighted by Gasteiger charge is 2.39. The summed E-state index contributed by atoms with van der Waals surface area (Å²) in [5.74, 6) is 1.15. The van der Waals surface area contributed by atoms with Crippen LogP contribution in [0.1, 0.15) is 25.1 Å². The second-order valence-corrected chi connectivity index (χ2v) is 5.85. The van der Waals surface area contributed by atoms with E-state index in [4.69, 9.17) is 10.3 Å². The Morgan fingerprint density at radius 2 is 2.21 bits per heavy atom. The second-order valence-electron chi connectivity index (χ2n) is 4.97. The van der Waals surface area contributed by atoms with Gasteiger partial charge < -0.3 is 10.3 Å². The molecule has 1 aliphatic rings. The Labute approximate surface area is 113 Å². The van der Waals surface area contributed by atoms with Gasteiger partial charge in [0.2, 0.25) is 0 Å². The number of thiazole rings is 1. The molecule has 1 fully saturated rings. The molecule has 0 amide bonds. The highest BCUT2D eigenvalue weighted by molar-refractivity contribution is 7.16. The Kier molecular flexibility index (Phi) is 2.24. The molecule has 0 atom stereocenters. The van der Waals surface area contributed by atoms with Crippen LogP contribution in [0.5, 0.6) is 0 Å². The van der Waals surface area contributed by atoms with Crippen LogP contribution in [0.3, 0.4) is 0 Å². The number of nitrogens with zero attached hydrogens (tertiary/aromatic N) is 3. The lowest BCUT2D eigenvalue weighted by Gasteiger charge is -2.34. The van der Waals surface area contributed by atoms with E-state index in [1.807, 2.05) is 23.7 Å². The van der Waals surface area contributed by atoms with Crippen molar-refractivity contribution >= 4 is 21.6 Å². The summed E-state index contributed by atoms with van der Waals surface area (Å²) < 4.78 is 6.46. The SMILES string of the molecule is NC1(c2noc(-c3ccc4ncsc4c3)n2)CCC1. The number of nitrogens with two attached hydrogens (primary N) is 1. The van der Waals surface area contributed by atoms with Crippen molar-refractivity contribution in [1.82, 2.24) is 15.1 Å². The molecular formula is C13H12N4OS. The summed E-state index contributed by atoms with van der Waals surface area (Å²) in [5, 5.41) is 4.03. The largest absolute Gasteiger partial charge is 0.334 e. The van der Waals surface area contributed by atoms with Crippen LogP contribution in [-0.4, -0.2) is 15.1 Å². The van der Waals surface area contributed by atoms with E-state index in [0.29, 0.717) is 11.7 Å². The van der Waals surface area contributed by atoms with E-state index < -0.39 is 0 Å². The van der Waals surface area contributed by atoms with Crippen LogP contribution in [0, 0.1) is 0 Å². The van der Waals surface area contributed by atoms with Crippen LogP contribution in [0.25, 0.3) is 21.7 Å². The van der Waals surface area contributed by atoms with Gasteiger partial charge in [0, 0.05) is 5.56 Å². The maximum atomic E-state index is 6.20. The van der Waals surface area contributed by atoms with Gasteiger partial charge in [-0.15, -0.1) is 11.3 Å². The van der Waals surface area contributed by atoms with Crippen molar-refractivity contribution in [3.8, 4) is 11.5 Å². The van der Waals surface area contributed by atoms with Gasteiger partial charge in [0.25, 0.3) is 5.89 Å². The number of aromatic nitrogens is 3. The molecule has 6 heteroatoms. The normalized spacial score (nSPS) is 17.5. The summed E-state index contributed by atoms with van der Waals surface area (Å²) in [6.07, 6.45) is 2.99. The van der Waals surface area contributed by atoms with Crippen molar-refractivity contribution in [2.45, 2.75) is 24.8 Å². The van der Waals surface area contributed by atoms with Crippen LogP contribution in [0.2, 0.25) is 0 Å². The molecule has 0 bridgehead atoms. The van der Waals surface area contributed by atoms with Crippen molar-refractivity contribution in [2.24, 2.45) is 5.73 Å². The van der Waals surface area contributed by atoms with Crippen molar-refractivity contribution in [1.29, 1.82) is 0 Å². The van der Waals surface area contributed by atoms with Crippen molar-refractivity contribution in [3.05, 3.63) is 29.5 Å². The third kappa shape index (κ3) is 1.67. The topological polar surface area (TPSA) is 77.8 Å². The molecule has 96 valence electrons. The molecule has 0 spiro atoms. The van der Waals surface area contributed by atoms with E-state index >= 15 is 0 Å². The van der Waals surface area contributed by atoms with Gasteiger partial charge in [0.05, 0.1) is 21.3 Å². The number of hydrogen-bond donors (Lipinski definition) is 1. The third-order valence-electron chi connectivity index (χ3n) is 3.70. The zero-order valence-electron chi connectivity index (χ0n) is 10.2. The maximum absolute atomic E-state index is 6.20. The molecule has 2 aromatic heterocycles. The molecule has 1 aliphatic carbocycles. The smallest absolute Gasteiger partial charge is 0.258 e.